The largest absolute Gasteiger partial charge is 0.445 e. The topological polar surface area (TPSA) is 111 Å². The Morgan fingerprint density at radius 3 is 2.26 bits per heavy atom. The van der Waals surface area contributed by atoms with Gasteiger partial charge in [0.05, 0.1) is 6.04 Å². The van der Waals surface area contributed by atoms with Gasteiger partial charge in [0.2, 0.25) is 5.91 Å². The highest BCUT2D eigenvalue weighted by molar-refractivity contribution is 9.10. The van der Waals surface area contributed by atoms with Crippen molar-refractivity contribution in [3.05, 3.63) is 70.2 Å². The van der Waals surface area contributed by atoms with Crippen LogP contribution in [0, 0.1) is 0 Å². The molecule has 0 saturated heterocycles. The Morgan fingerprint density at radius 1 is 1.06 bits per heavy atom. The Hall–Kier alpha value is -3.07. The van der Waals surface area contributed by atoms with Gasteiger partial charge in [-0.1, -0.05) is 58.4 Å². The summed E-state index contributed by atoms with van der Waals surface area (Å²) in [5.74, 6) is -0.647. The number of ether oxygens (including phenoxy) is 2. The molecule has 0 unspecified atom stereocenters. The molecule has 0 aliphatic carbocycles. The first-order valence-corrected chi connectivity index (χ1v) is 12.3. The standard InChI is InChI=1S/C26H34BrN3O5/c1-18(20-12-14-21(27)15-13-20)30(25(33)35-26(2,3)4)22(23(28)31)11-8-16-29-24(32)34-17-19-9-6-5-7-10-19/h5-7,9-10,12-15,18,22H,8,11,16-17H2,1-4H3,(H2,28,31)(H,29,32)/t18-,22+/m0/s1. The highest BCUT2D eigenvalue weighted by Crippen LogP contribution is 2.28. The maximum absolute atomic E-state index is 13.1. The van der Waals surface area contributed by atoms with Crippen LogP contribution in [0.5, 0.6) is 0 Å². The summed E-state index contributed by atoms with van der Waals surface area (Å²) in [6.07, 6.45) is -0.543. The molecular weight excluding hydrogens is 514 g/mol. The van der Waals surface area contributed by atoms with E-state index in [-0.39, 0.29) is 19.6 Å². The van der Waals surface area contributed by atoms with E-state index in [1.165, 1.54) is 4.90 Å². The normalized spacial score (nSPS) is 12.8. The summed E-state index contributed by atoms with van der Waals surface area (Å²) in [6.45, 7) is 7.52. The van der Waals surface area contributed by atoms with E-state index < -0.39 is 35.8 Å². The van der Waals surface area contributed by atoms with Gasteiger partial charge < -0.3 is 20.5 Å². The Kier molecular flexibility index (Phi) is 10.6. The van der Waals surface area contributed by atoms with Gasteiger partial charge in [-0.25, -0.2) is 9.59 Å². The monoisotopic (exact) mass is 547 g/mol. The number of nitrogens with zero attached hydrogens (tertiary/aromatic N) is 1. The van der Waals surface area contributed by atoms with E-state index >= 15 is 0 Å². The number of hydrogen-bond donors (Lipinski definition) is 2. The zero-order chi connectivity index (χ0) is 26.0. The third kappa shape index (κ3) is 9.60. The average Bonchev–Trinajstić information content (AvgIpc) is 2.79. The van der Waals surface area contributed by atoms with Crippen molar-refractivity contribution in [3.63, 3.8) is 0 Å². The van der Waals surface area contributed by atoms with Crippen LogP contribution in [0.15, 0.2) is 59.1 Å². The summed E-state index contributed by atoms with van der Waals surface area (Å²) < 4.78 is 11.7. The summed E-state index contributed by atoms with van der Waals surface area (Å²) in [7, 11) is 0. The number of carbonyl (C=O) groups is 3. The molecule has 2 aromatic carbocycles. The number of nitrogens with two attached hydrogens (primary N) is 1. The van der Waals surface area contributed by atoms with Gasteiger partial charge in [0.15, 0.2) is 0 Å². The summed E-state index contributed by atoms with van der Waals surface area (Å²) in [4.78, 5) is 39.0. The van der Waals surface area contributed by atoms with E-state index in [1.807, 2.05) is 61.5 Å². The predicted molar refractivity (Wildman–Crippen MR) is 137 cm³/mol. The second kappa shape index (κ2) is 13.1. The third-order valence-corrected chi connectivity index (χ3v) is 5.70. The molecule has 35 heavy (non-hydrogen) atoms. The fraction of sp³-hybridized carbons (Fsp3) is 0.423. The summed E-state index contributed by atoms with van der Waals surface area (Å²) in [5, 5.41) is 2.67. The number of amides is 3. The van der Waals surface area contributed by atoms with Crippen LogP contribution in [0.1, 0.15) is 57.7 Å². The van der Waals surface area contributed by atoms with Crippen molar-refractivity contribution < 1.29 is 23.9 Å². The van der Waals surface area contributed by atoms with Gasteiger partial charge >= 0.3 is 12.2 Å². The zero-order valence-electron chi connectivity index (χ0n) is 20.6. The van der Waals surface area contributed by atoms with E-state index in [4.69, 9.17) is 15.2 Å². The molecule has 0 aromatic heterocycles. The molecule has 9 heteroatoms. The molecule has 190 valence electrons. The third-order valence-electron chi connectivity index (χ3n) is 5.17. The number of halogens is 1. The summed E-state index contributed by atoms with van der Waals surface area (Å²) >= 11 is 3.41. The number of nitrogens with one attached hydrogen (secondary N) is 1. The van der Waals surface area contributed by atoms with Gasteiger partial charge in [0.1, 0.15) is 18.2 Å². The summed E-state index contributed by atoms with van der Waals surface area (Å²) in [6, 6.07) is 15.4. The molecule has 2 atom stereocenters. The molecule has 0 radical (unpaired) electrons. The first-order valence-electron chi connectivity index (χ1n) is 11.5. The Balaban J connectivity index is 2.04. The molecule has 0 aliphatic rings. The van der Waals surface area contributed by atoms with Crippen LogP contribution in [-0.4, -0.2) is 41.2 Å². The van der Waals surface area contributed by atoms with Crippen LogP contribution >= 0.6 is 15.9 Å². The van der Waals surface area contributed by atoms with Gasteiger partial charge in [-0.2, -0.15) is 0 Å². The van der Waals surface area contributed by atoms with Crippen molar-refractivity contribution in [1.82, 2.24) is 10.2 Å². The average molecular weight is 548 g/mol. The summed E-state index contributed by atoms with van der Waals surface area (Å²) in [5.41, 5.74) is 6.68. The van der Waals surface area contributed by atoms with Crippen LogP contribution in [0.4, 0.5) is 9.59 Å². The second-order valence-electron chi connectivity index (χ2n) is 9.16. The van der Waals surface area contributed by atoms with Crippen molar-refractivity contribution in [2.24, 2.45) is 5.73 Å². The first kappa shape index (κ1) is 28.2. The molecular formula is C26H34BrN3O5. The van der Waals surface area contributed by atoms with Crippen molar-refractivity contribution >= 4 is 34.0 Å². The molecule has 0 fully saturated rings. The lowest BCUT2D eigenvalue weighted by molar-refractivity contribution is -0.124. The number of hydrogen-bond acceptors (Lipinski definition) is 5. The molecule has 0 spiro atoms. The SMILES string of the molecule is C[C@@H](c1ccc(Br)cc1)N(C(=O)OC(C)(C)C)[C@H](CCCNC(=O)OCc1ccccc1)C(N)=O. The molecule has 2 rings (SSSR count). The molecule has 3 N–H and O–H groups in total. The van der Waals surface area contributed by atoms with Crippen LogP contribution in [0.3, 0.4) is 0 Å². The van der Waals surface area contributed by atoms with Crippen molar-refractivity contribution in [3.8, 4) is 0 Å². The molecule has 3 amide bonds. The minimum absolute atomic E-state index is 0.160. The van der Waals surface area contributed by atoms with Gasteiger partial charge in [-0.05, 0) is 63.8 Å². The number of primary amides is 1. The van der Waals surface area contributed by atoms with Gasteiger partial charge in [-0.15, -0.1) is 0 Å². The van der Waals surface area contributed by atoms with Crippen LogP contribution in [-0.2, 0) is 20.9 Å². The van der Waals surface area contributed by atoms with Crippen molar-refractivity contribution in [2.45, 2.75) is 64.8 Å². The maximum atomic E-state index is 13.1. The second-order valence-corrected chi connectivity index (χ2v) is 10.1. The Bertz CT molecular complexity index is 977. The Labute approximate surface area is 215 Å². The van der Waals surface area contributed by atoms with Crippen molar-refractivity contribution in [2.75, 3.05) is 6.54 Å². The first-order chi connectivity index (χ1) is 16.5. The molecule has 0 aliphatic heterocycles. The van der Waals surface area contributed by atoms with Crippen molar-refractivity contribution in [1.29, 1.82) is 0 Å². The van der Waals surface area contributed by atoms with Crippen LogP contribution < -0.4 is 11.1 Å². The highest BCUT2D eigenvalue weighted by Gasteiger charge is 2.35. The molecule has 0 bridgehead atoms. The number of carbonyl (C=O) groups excluding carboxylic acids is 3. The lowest BCUT2D eigenvalue weighted by atomic mass is 10.0. The Morgan fingerprint density at radius 2 is 1.69 bits per heavy atom. The predicted octanol–water partition coefficient (Wildman–Crippen LogP) is 5.31. The van der Waals surface area contributed by atoms with E-state index in [9.17, 15) is 14.4 Å². The van der Waals surface area contributed by atoms with Crippen LogP contribution in [0.2, 0.25) is 0 Å². The fourth-order valence-corrected chi connectivity index (χ4v) is 3.71. The lowest BCUT2D eigenvalue weighted by Crippen LogP contribution is -2.50. The number of benzene rings is 2. The quantitative estimate of drug-likeness (QED) is 0.391. The van der Waals surface area contributed by atoms with E-state index in [0.717, 1.165) is 15.6 Å². The molecule has 0 saturated carbocycles. The smallest absolute Gasteiger partial charge is 0.411 e. The van der Waals surface area contributed by atoms with Gasteiger partial charge in [-0.3, -0.25) is 9.69 Å². The zero-order valence-corrected chi connectivity index (χ0v) is 22.2. The van der Waals surface area contributed by atoms with E-state index in [1.54, 1.807) is 20.8 Å². The number of alkyl carbamates (subject to hydrolysis) is 1. The molecule has 0 heterocycles. The lowest BCUT2D eigenvalue weighted by Gasteiger charge is -2.36. The van der Waals surface area contributed by atoms with Gasteiger partial charge in [0.25, 0.3) is 0 Å². The minimum atomic E-state index is -0.925. The van der Waals surface area contributed by atoms with Crippen LogP contribution in [0.25, 0.3) is 0 Å². The number of rotatable bonds is 10. The minimum Gasteiger partial charge on any atom is -0.445 e. The highest BCUT2D eigenvalue weighted by atomic mass is 79.9. The molecule has 8 nitrogen and oxygen atoms in total. The maximum Gasteiger partial charge on any atom is 0.411 e. The fourth-order valence-electron chi connectivity index (χ4n) is 3.45. The van der Waals surface area contributed by atoms with Gasteiger partial charge in [0, 0.05) is 11.0 Å². The van der Waals surface area contributed by atoms with E-state index in [2.05, 4.69) is 21.2 Å². The van der Waals surface area contributed by atoms with E-state index in [0.29, 0.717) is 6.42 Å². The molecule has 2 aromatic rings.